The van der Waals surface area contributed by atoms with Gasteiger partial charge in [0.1, 0.15) is 0 Å². The molecule has 0 rings (SSSR count). The quantitative estimate of drug-likeness (QED) is 0.344. The van der Waals surface area contributed by atoms with Crippen molar-refractivity contribution in [3.05, 3.63) is 22.7 Å². The molecule has 0 aromatic heterocycles. The molecule has 0 spiro atoms. The van der Waals surface area contributed by atoms with Crippen molar-refractivity contribution in [2.45, 2.75) is 0 Å². The lowest BCUT2D eigenvalue weighted by atomic mass is 11.0. The largest absolute Gasteiger partial charge is 0.378 e. The monoisotopic (exact) mass is 123 g/mol. The van der Waals surface area contributed by atoms with E-state index < -0.39 is 11.2 Å². The van der Waals surface area contributed by atoms with E-state index in [-0.39, 0.29) is 0 Å². The van der Waals surface area contributed by atoms with E-state index in [2.05, 4.69) is 11.6 Å². The van der Waals surface area contributed by atoms with Crippen LogP contribution in [0.3, 0.4) is 0 Å². The zero-order valence-electron chi connectivity index (χ0n) is 3.08. The second-order valence-electron chi connectivity index (χ2n) is 0.663. The summed E-state index contributed by atoms with van der Waals surface area (Å²) in [6.07, 6.45) is 0. The minimum atomic E-state index is -1.60. The summed E-state index contributed by atoms with van der Waals surface area (Å²) in [6.45, 7) is 5.81. The predicted octanol–water partition coefficient (Wildman–Crippen LogP) is 2.21. The fraction of sp³-hybridized carbons (Fsp3) is 0. The second kappa shape index (κ2) is 2.54. The zero-order chi connectivity index (χ0) is 5.86. The molecule has 0 amide bonds. The van der Waals surface area contributed by atoms with Crippen molar-refractivity contribution in [1.29, 1.82) is 0 Å². The van der Waals surface area contributed by atoms with E-state index in [0.717, 1.165) is 0 Å². The van der Waals surface area contributed by atoms with Gasteiger partial charge in [-0.25, -0.2) is 13.6 Å². The maximum Gasteiger partial charge on any atom is 0.378 e. The first-order chi connectivity index (χ1) is 3.18. The topological polar surface area (TPSA) is 4.36 Å². The number of nitrogens with zero attached hydrogens (tertiary/aromatic N) is 1. The lowest BCUT2D eigenvalue weighted by molar-refractivity contribution is 0.589. The summed E-state index contributed by atoms with van der Waals surface area (Å²) in [4.78, 5) is 2.04. The summed E-state index contributed by atoms with van der Waals surface area (Å²) in [6, 6.07) is 0. The molecule has 0 heterocycles. The van der Waals surface area contributed by atoms with Gasteiger partial charge in [-0.05, 0) is 0 Å². The van der Waals surface area contributed by atoms with Gasteiger partial charge in [0.05, 0.1) is 6.57 Å². The highest BCUT2D eigenvalue weighted by Gasteiger charge is 1.97. The molecule has 0 saturated carbocycles. The first-order valence-corrected chi connectivity index (χ1v) is 1.64. The van der Waals surface area contributed by atoms with Gasteiger partial charge in [-0.15, -0.1) is 0 Å². The van der Waals surface area contributed by atoms with Crippen LogP contribution in [0.1, 0.15) is 0 Å². The molecule has 7 heavy (non-hydrogen) atoms. The molecule has 0 aromatic rings. The summed E-state index contributed by atoms with van der Waals surface area (Å²) in [5.74, 6) is -1.60. The van der Waals surface area contributed by atoms with Crippen LogP contribution in [0.15, 0.2) is 11.2 Å². The van der Waals surface area contributed by atoms with Crippen molar-refractivity contribution in [1.82, 2.24) is 0 Å². The Morgan fingerprint density at radius 1 is 1.57 bits per heavy atom. The Labute approximate surface area is 44.0 Å². The minimum Gasteiger partial charge on any atom is -0.233 e. The first kappa shape index (κ1) is 6.38. The van der Waals surface area contributed by atoms with Crippen LogP contribution in [0.2, 0.25) is 0 Å². The molecule has 0 unspecified atom stereocenters. The fourth-order valence-electron chi connectivity index (χ4n) is 0.0423. The van der Waals surface area contributed by atoms with Crippen LogP contribution in [0.5, 0.6) is 0 Å². The molecule has 0 N–H and O–H groups in total. The molecule has 0 saturated heterocycles. The van der Waals surface area contributed by atoms with Crippen LogP contribution in [0, 0.1) is 6.57 Å². The number of hydrogen-bond acceptors (Lipinski definition) is 0. The summed E-state index contributed by atoms with van der Waals surface area (Å²) in [5.41, 5.74) is 0. The Balaban J connectivity index is 4.07. The molecule has 0 aliphatic heterocycles. The average molecular weight is 123 g/mol. The molecular weight excluding hydrogens is 123 g/mol. The molecule has 1 nitrogen and oxygen atoms in total. The standard InChI is InChI=1S/C3ClF2N/c1-7-3(6)2(4)5/b3-2+. The molecule has 0 fully saturated rings. The minimum absolute atomic E-state index is 1.59. The SMILES string of the molecule is [C-]#[N+]/C(F)=C(/F)Cl. The van der Waals surface area contributed by atoms with Crippen LogP contribution in [-0.4, -0.2) is 0 Å². The Kier molecular flexibility index (Phi) is 2.31. The van der Waals surface area contributed by atoms with Gasteiger partial charge in [0.15, 0.2) is 0 Å². The summed E-state index contributed by atoms with van der Waals surface area (Å²) in [7, 11) is 0. The predicted molar refractivity (Wildman–Crippen MR) is 21.7 cm³/mol. The van der Waals surface area contributed by atoms with Gasteiger partial charge in [-0.3, -0.25) is 0 Å². The van der Waals surface area contributed by atoms with Crippen molar-refractivity contribution < 1.29 is 8.78 Å². The van der Waals surface area contributed by atoms with Crippen molar-refractivity contribution in [2.24, 2.45) is 0 Å². The number of hydrogen-bond donors (Lipinski definition) is 0. The van der Waals surface area contributed by atoms with E-state index in [1.54, 1.807) is 0 Å². The Hall–Kier alpha value is -0.620. The first-order valence-electron chi connectivity index (χ1n) is 1.26. The third-order valence-electron chi connectivity index (χ3n) is 0.254. The fourth-order valence-corrected chi connectivity index (χ4v) is 0.0845. The Bertz CT molecular complexity index is 130. The molecule has 0 radical (unpaired) electrons. The van der Waals surface area contributed by atoms with Crippen molar-refractivity contribution in [2.75, 3.05) is 0 Å². The van der Waals surface area contributed by atoms with Gasteiger partial charge < -0.3 is 0 Å². The Morgan fingerprint density at radius 3 is 2.00 bits per heavy atom. The van der Waals surface area contributed by atoms with Crippen molar-refractivity contribution in [3.8, 4) is 0 Å². The van der Waals surface area contributed by atoms with Gasteiger partial charge in [0.2, 0.25) is 5.29 Å². The molecule has 38 valence electrons. The second-order valence-corrected chi connectivity index (χ2v) is 0.995. The van der Waals surface area contributed by atoms with Crippen molar-refractivity contribution in [3.63, 3.8) is 0 Å². The highest BCUT2D eigenvalue weighted by atomic mass is 35.5. The molecule has 0 aromatic carbocycles. The Morgan fingerprint density at radius 2 is 2.00 bits per heavy atom. The number of halogens is 3. The van der Waals surface area contributed by atoms with Crippen LogP contribution < -0.4 is 0 Å². The molecule has 0 aliphatic rings. The van der Waals surface area contributed by atoms with Crippen LogP contribution >= 0.6 is 11.6 Å². The molecule has 0 aliphatic carbocycles. The summed E-state index contributed by atoms with van der Waals surface area (Å²) < 4.78 is 22.4. The van der Waals surface area contributed by atoms with E-state index in [9.17, 15) is 8.78 Å². The van der Waals surface area contributed by atoms with E-state index in [1.165, 1.54) is 0 Å². The molecule has 0 bridgehead atoms. The highest BCUT2D eigenvalue weighted by molar-refractivity contribution is 6.28. The van der Waals surface area contributed by atoms with Gasteiger partial charge in [-0.2, -0.15) is 0 Å². The van der Waals surface area contributed by atoms with Gasteiger partial charge in [0, 0.05) is 0 Å². The molecular formula is C3ClF2N. The maximum atomic E-state index is 11.3. The van der Waals surface area contributed by atoms with E-state index >= 15 is 0 Å². The lowest BCUT2D eigenvalue weighted by Crippen LogP contribution is -1.58. The highest BCUT2D eigenvalue weighted by Crippen LogP contribution is 2.11. The van der Waals surface area contributed by atoms with Gasteiger partial charge in [0.25, 0.3) is 0 Å². The number of rotatable bonds is 0. The van der Waals surface area contributed by atoms with E-state index in [1.807, 2.05) is 4.85 Å². The van der Waals surface area contributed by atoms with E-state index in [4.69, 9.17) is 6.57 Å². The summed E-state index contributed by atoms with van der Waals surface area (Å²) in [5, 5.41) is -1.59. The average Bonchev–Trinajstić information content (AvgIpc) is 1.65. The molecule has 4 heteroatoms. The van der Waals surface area contributed by atoms with Gasteiger partial charge >= 0.3 is 5.95 Å². The van der Waals surface area contributed by atoms with Crippen LogP contribution in [0.25, 0.3) is 4.85 Å². The maximum absolute atomic E-state index is 11.3. The van der Waals surface area contributed by atoms with Crippen LogP contribution in [-0.2, 0) is 0 Å². The molecule has 0 atom stereocenters. The van der Waals surface area contributed by atoms with Gasteiger partial charge in [-0.1, -0.05) is 11.6 Å². The lowest BCUT2D eigenvalue weighted by Gasteiger charge is -1.73. The van der Waals surface area contributed by atoms with E-state index in [0.29, 0.717) is 0 Å². The zero-order valence-corrected chi connectivity index (χ0v) is 3.84. The normalized spacial score (nSPS) is 12.3. The summed E-state index contributed by atoms with van der Waals surface area (Å²) >= 11 is 4.35. The smallest absolute Gasteiger partial charge is 0.233 e. The van der Waals surface area contributed by atoms with Crippen LogP contribution in [0.4, 0.5) is 8.78 Å². The van der Waals surface area contributed by atoms with Crippen molar-refractivity contribution >= 4 is 11.6 Å². The third kappa shape index (κ3) is 2.12. The third-order valence-corrected chi connectivity index (χ3v) is 0.410.